The van der Waals surface area contributed by atoms with Gasteiger partial charge in [0.1, 0.15) is 6.61 Å². The highest BCUT2D eigenvalue weighted by molar-refractivity contribution is 7.16. The lowest BCUT2D eigenvalue weighted by Gasteiger charge is -2.13. The molecule has 0 saturated heterocycles. The molecule has 0 bridgehead atoms. The molecule has 8 heteroatoms. The summed E-state index contributed by atoms with van der Waals surface area (Å²) in [5, 5.41) is 5.10. The molecule has 0 fully saturated rings. The Morgan fingerprint density at radius 3 is 2.93 bits per heavy atom. The van der Waals surface area contributed by atoms with E-state index in [1.807, 2.05) is 23.9 Å². The fourth-order valence-electron chi connectivity index (χ4n) is 3.61. The summed E-state index contributed by atoms with van der Waals surface area (Å²) >= 11 is 1.33. The van der Waals surface area contributed by atoms with Gasteiger partial charge in [0, 0.05) is 6.42 Å². The first-order valence-electron chi connectivity index (χ1n) is 9.43. The van der Waals surface area contributed by atoms with Crippen LogP contribution in [0.5, 0.6) is 5.06 Å². The van der Waals surface area contributed by atoms with Crippen LogP contribution in [0.25, 0.3) is 11.3 Å². The summed E-state index contributed by atoms with van der Waals surface area (Å²) in [5.41, 5.74) is 9.37. The van der Waals surface area contributed by atoms with Gasteiger partial charge in [-0.3, -0.25) is 9.48 Å². The van der Waals surface area contributed by atoms with Crippen molar-refractivity contribution in [2.24, 2.45) is 11.7 Å². The number of ether oxygens (including phenoxy) is 1. The third-order valence-corrected chi connectivity index (χ3v) is 6.19. The lowest BCUT2D eigenvalue weighted by Crippen LogP contribution is -2.20. The van der Waals surface area contributed by atoms with E-state index in [2.05, 4.69) is 5.10 Å². The number of Topliss-reactive ketones (excluding diaryl/α,β-unsaturated/α-hetero) is 1. The third kappa shape index (κ3) is 3.95. The van der Waals surface area contributed by atoms with Gasteiger partial charge in [-0.2, -0.15) is 5.10 Å². The summed E-state index contributed by atoms with van der Waals surface area (Å²) in [7, 11) is 0. The van der Waals surface area contributed by atoms with E-state index in [-0.39, 0.29) is 24.7 Å². The maximum atomic E-state index is 13.5. The number of benzene rings is 1. The summed E-state index contributed by atoms with van der Waals surface area (Å²) in [6.07, 6.45) is 2.45. The SMILES string of the molecule is Cc1cnn2c1-c1cc(C(=O)C[C@H](CN)Cc3ccc(F)c(F)c3)sc1OCC2. The first-order valence-corrected chi connectivity index (χ1v) is 10.2. The quantitative estimate of drug-likeness (QED) is 0.616. The molecule has 1 aromatic carbocycles. The molecule has 4 rings (SSSR count). The number of thiophene rings is 1. The van der Waals surface area contributed by atoms with Crippen LogP contribution in [0.1, 0.15) is 27.2 Å². The van der Waals surface area contributed by atoms with Gasteiger partial charge in [0.2, 0.25) is 0 Å². The monoisotopic (exact) mass is 417 g/mol. The summed E-state index contributed by atoms with van der Waals surface area (Å²) in [4.78, 5) is 13.5. The predicted molar refractivity (Wildman–Crippen MR) is 107 cm³/mol. The van der Waals surface area contributed by atoms with Crippen molar-refractivity contribution in [3.05, 3.63) is 58.1 Å². The van der Waals surface area contributed by atoms with Gasteiger partial charge in [0.05, 0.1) is 28.9 Å². The van der Waals surface area contributed by atoms with Crippen LogP contribution in [0.2, 0.25) is 0 Å². The Labute approximate surface area is 171 Å². The zero-order chi connectivity index (χ0) is 20.5. The summed E-state index contributed by atoms with van der Waals surface area (Å²) in [6.45, 7) is 3.42. The number of fused-ring (bicyclic) bond motifs is 3. The number of nitrogens with two attached hydrogens (primary N) is 1. The summed E-state index contributed by atoms with van der Waals surface area (Å²) in [5.74, 6) is -1.98. The van der Waals surface area contributed by atoms with Crippen molar-refractivity contribution in [1.29, 1.82) is 0 Å². The molecule has 1 atom stereocenters. The second-order valence-corrected chi connectivity index (χ2v) is 8.26. The number of aryl methyl sites for hydroxylation is 1. The van der Waals surface area contributed by atoms with Crippen molar-refractivity contribution in [2.45, 2.75) is 26.3 Å². The standard InChI is InChI=1S/C21H21F2N3O2S/c1-12-11-25-26-4-5-28-21-15(20(12)26)9-19(29-21)18(27)8-14(10-24)6-13-2-3-16(22)17(23)7-13/h2-3,7,9,11,14H,4-6,8,10,24H2,1H3/t14-/m1/s1. The second-order valence-electron chi connectivity index (χ2n) is 7.24. The summed E-state index contributed by atoms with van der Waals surface area (Å²) < 4.78 is 34.3. The average Bonchev–Trinajstić information content (AvgIpc) is 3.23. The minimum atomic E-state index is -0.893. The van der Waals surface area contributed by atoms with Crippen LogP contribution >= 0.6 is 11.3 Å². The van der Waals surface area contributed by atoms with E-state index in [0.717, 1.165) is 34.0 Å². The first-order chi connectivity index (χ1) is 14.0. The number of halogens is 2. The maximum Gasteiger partial charge on any atom is 0.183 e. The molecule has 1 aliphatic rings. The highest BCUT2D eigenvalue weighted by Gasteiger charge is 2.25. The van der Waals surface area contributed by atoms with Gasteiger partial charge in [0.15, 0.2) is 22.5 Å². The molecule has 29 heavy (non-hydrogen) atoms. The highest BCUT2D eigenvalue weighted by atomic mass is 32.1. The molecule has 0 amide bonds. The molecule has 0 aliphatic carbocycles. The molecule has 0 unspecified atom stereocenters. The van der Waals surface area contributed by atoms with Crippen molar-refractivity contribution in [3.63, 3.8) is 0 Å². The smallest absolute Gasteiger partial charge is 0.183 e. The first kappa shape index (κ1) is 19.7. The van der Waals surface area contributed by atoms with E-state index in [1.165, 1.54) is 17.4 Å². The molecule has 3 heterocycles. The van der Waals surface area contributed by atoms with Crippen LogP contribution < -0.4 is 10.5 Å². The van der Waals surface area contributed by atoms with Crippen LogP contribution in [0.4, 0.5) is 8.78 Å². The molecule has 2 N–H and O–H groups in total. The van der Waals surface area contributed by atoms with Gasteiger partial charge in [-0.1, -0.05) is 17.4 Å². The van der Waals surface area contributed by atoms with E-state index in [4.69, 9.17) is 10.5 Å². The van der Waals surface area contributed by atoms with Crippen molar-refractivity contribution >= 4 is 17.1 Å². The van der Waals surface area contributed by atoms with Gasteiger partial charge in [-0.25, -0.2) is 8.78 Å². The number of hydrogen-bond acceptors (Lipinski definition) is 5. The van der Waals surface area contributed by atoms with Crippen LogP contribution in [0.3, 0.4) is 0 Å². The van der Waals surface area contributed by atoms with Crippen molar-refractivity contribution in [1.82, 2.24) is 9.78 Å². The van der Waals surface area contributed by atoms with Gasteiger partial charge in [-0.05, 0) is 55.1 Å². The lowest BCUT2D eigenvalue weighted by molar-refractivity contribution is 0.0966. The highest BCUT2D eigenvalue weighted by Crippen LogP contribution is 2.41. The number of aromatic nitrogens is 2. The molecule has 0 spiro atoms. The average molecular weight is 417 g/mol. The van der Waals surface area contributed by atoms with Gasteiger partial charge in [-0.15, -0.1) is 0 Å². The molecule has 3 aromatic rings. The van der Waals surface area contributed by atoms with Crippen LogP contribution in [-0.2, 0) is 13.0 Å². The molecule has 152 valence electrons. The van der Waals surface area contributed by atoms with Gasteiger partial charge in [0.25, 0.3) is 0 Å². The largest absolute Gasteiger partial charge is 0.481 e. The minimum Gasteiger partial charge on any atom is -0.481 e. The summed E-state index contributed by atoms with van der Waals surface area (Å²) in [6, 6.07) is 5.64. The Hall–Kier alpha value is -2.58. The molecule has 1 aliphatic heterocycles. The zero-order valence-electron chi connectivity index (χ0n) is 16.0. The lowest BCUT2D eigenvalue weighted by atomic mass is 9.93. The Bertz CT molecular complexity index is 1060. The Morgan fingerprint density at radius 2 is 2.17 bits per heavy atom. The van der Waals surface area contributed by atoms with Crippen molar-refractivity contribution < 1.29 is 18.3 Å². The topological polar surface area (TPSA) is 70.1 Å². The van der Waals surface area contributed by atoms with Gasteiger partial charge < -0.3 is 10.5 Å². The molecule has 0 radical (unpaired) electrons. The van der Waals surface area contributed by atoms with Crippen LogP contribution in [-0.4, -0.2) is 28.7 Å². The maximum absolute atomic E-state index is 13.5. The molecular formula is C21H21F2N3O2S. The number of rotatable bonds is 6. The Morgan fingerprint density at radius 1 is 1.34 bits per heavy atom. The van der Waals surface area contributed by atoms with Crippen molar-refractivity contribution in [2.75, 3.05) is 13.2 Å². The Balaban J connectivity index is 1.53. The molecule has 5 nitrogen and oxygen atoms in total. The zero-order valence-corrected chi connectivity index (χ0v) is 16.8. The Kier molecular flexibility index (Phi) is 5.47. The number of carbonyl (C=O) groups is 1. The minimum absolute atomic E-state index is 0.0339. The van der Waals surface area contributed by atoms with Crippen molar-refractivity contribution in [3.8, 4) is 16.3 Å². The molecule has 2 aromatic heterocycles. The van der Waals surface area contributed by atoms with E-state index in [1.54, 1.807) is 0 Å². The van der Waals surface area contributed by atoms with Crippen LogP contribution in [0.15, 0.2) is 30.5 Å². The fraction of sp³-hybridized carbons (Fsp3) is 0.333. The van der Waals surface area contributed by atoms with Gasteiger partial charge >= 0.3 is 0 Å². The number of nitrogens with zero attached hydrogens (tertiary/aromatic N) is 2. The number of hydrogen-bond donors (Lipinski definition) is 1. The third-order valence-electron chi connectivity index (χ3n) is 5.10. The predicted octanol–water partition coefficient (Wildman–Crippen LogP) is 3.98. The van der Waals surface area contributed by atoms with E-state index >= 15 is 0 Å². The second kappa shape index (κ2) is 8.04. The molecular weight excluding hydrogens is 396 g/mol. The number of carbonyl (C=O) groups excluding carboxylic acids is 1. The van der Waals surface area contributed by atoms with E-state index in [9.17, 15) is 13.6 Å². The van der Waals surface area contributed by atoms with E-state index < -0.39 is 11.6 Å². The fourth-order valence-corrected chi connectivity index (χ4v) is 4.59. The number of ketones is 1. The molecule has 0 saturated carbocycles. The normalized spacial score (nSPS) is 13.9. The van der Waals surface area contributed by atoms with E-state index in [0.29, 0.717) is 30.0 Å². The van der Waals surface area contributed by atoms with Crippen LogP contribution in [0, 0.1) is 24.5 Å².